The van der Waals surface area contributed by atoms with Crippen LogP contribution in [-0.4, -0.2) is 0 Å². The van der Waals surface area contributed by atoms with Gasteiger partial charge in [0, 0.05) is 44.6 Å². The summed E-state index contributed by atoms with van der Waals surface area (Å²) in [5.74, 6) is 1.53. The van der Waals surface area contributed by atoms with Gasteiger partial charge in [-0.3, -0.25) is 0 Å². The summed E-state index contributed by atoms with van der Waals surface area (Å²) in [5.41, 5.74) is 18.6. The van der Waals surface area contributed by atoms with Gasteiger partial charge in [-0.1, -0.05) is 177 Å². The summed E-state index contributed by atoms with van der Waals surface area (Å²) < 4.78 is 6.90. The van der Waals surface area contributed by atoms with E-state index in [0.29, 0.717) is 23.7 Å². The smallest absolute Gasteiger partial charge is 0.136 e. The van der Waals surface area contributed by atoms with Crippen molar-refractivity contribution in [2.24, 2.45) is 0 Å². The zero-order chi connectivity index (χ0) is 48.9. The lowest BCUT2D eigenvalue weighted by molar-refractivity contribution is 0.670. The third-order valence-electron chi connectivity index (χ3n) is 14.5. The molecule has 0 unspecified atom stereocenters. The molecule has 3 nitrogen and oxygen atoms in total. The van der Waals surface area contributed by atoms with Crippen LogP contribution in [0.2, 0.25) is 0 Å². The molecule has 10 aromatic carbocycles. The highest BCUT2D eigenvalue weighted by atomic mass is 16.3. The van der Waals surface area contributed by atoms with E-state index in [9.17, 15) is 0 Å². The molecule has 71 heavy (non-hydrogen) atoms. The van der Waals surface area contributed by atoms with Crippen molar-refractivity contribution in [1.82, 2.24) is 0 Å². The lowest BCUT2D eigenvalue weighted by Gasteiger charge is -2.30. The van der Waals surface area contributed by atoms with Crippen LogP contribution in [0.25, 0.3) is 65.7 Å². The topological polar surface area (TPSA) is 19.6 Å². The largest absolute Gasteiger partial charge is 0.456 e. The maximum absolute atomic E-state index is 6.90. The van der Waals surface area contributed by atoms with Gasteiger partial charge in [-0.05, 0) is 164 Å². The van der Waals surface area contributed by atoms with Gasteiger partial charge >= 0.3 is 0 Å². The molecule has 11 rings (SSSR count). The van der Waals surface area contributed by atoms with Crippen LogP contribution in [-0.2, 0) is 0 Å². The van der Waals surface area contributed by atoms with E-state index in [4.69, 9.17) is 4.42 Å². The van der Waals surface area contributed by atoms with Crippen LogP contribution in [0.15, 0.2) is 211 Å². The fourth-order valence-corrected chi connectivity index (χ4v) is 10.3. The third-order valence-corrected chi connectivity index (χ3v) is 14.5. The highest BCUT2D eigenvalue weighted by Crippen LogP contribution is 2.47. The van der Waals surface area contributed by atoms with Crippen LogP contribution in [0.1, 0.15) is 101 Å². The Morgan fingerprint density at radius 1 is 0.296 bits per heavy atom. The molecule has 350 valence electrons. The van der Waals surface area contributed by atoms with Gasteiger partial charge < -0.3 is 14.2 Å². The second kappa shape index (κ2) is 18.8. The highest BCUT2D eigenvalue weighted by Gasteiger charge is 2.23. The second-order valence-electron chi connectivity index (χ2n) is 20.6. The number of fused-ring (bicyclic) bond motifs is 5. The quantitative estimate of drug-likeness (QED) is 0.122. The molecule has 0 fully saturated rings. The molecule has 0 spiro atoms. The second-order valence-corrected chi connectivity index (χ2v) is 20.6. The Hall–Kier alpha value is -7.88. The van der Waals surface area contributed by atoms with Crippen molar-refractivity contribution < 1.29 is 4.42 Å². The maximum Gasteiger partial charge on any atom is 0.136 e. The average molecular weight is 923 g/mol. The van der Waals surface area contributed by atoms with Crippen molar-refractivity contribution >= 4 is 77.6 Å². The molecule has 1 aromatic heterocycles. The molecule has 3 heteroatoms. The maximum atomic E-state index is 6.90. The minimum atomic E-state index is 0.374. The first-order valence-electron chi connectivity index (χ1n) is 25.5. The van der Waals surface area contributed by atoms with Crippen molar-refractivity contribution in [3.05, 3.63) is 229 Å². The Bertz CT molecular complexity index is 3480. The molecule has 1 heterocycles. The van der Waals surface area contributed by atoms with Gasteiger partial charge in [0.2, 0.25) is 0 Å². The fourth-order valence-electron chi connectivity index (χ4n) is 10.3. The van der Waals surface area contributed by atoms with Gasteiger partial charge in [0.05, 0.1) is 11.4 Å². The number of rotatable bonds is 12. The third kappa shape index (κ3) is 8.76. The van der Waals surface area contributed by atoms with Crippen molar-refractivity contribution in [2.45, 2.75) is 79.1 Å². The van der Waals surface area contributed by atoms with Crippen LogP contribution in [0.4, 0.5) is 34.1 Å². The number of furan rings is 1. The molecule has 0 aliphatic rings. The molecule has 0 aliphatic heterocycles. The molecular weight excluding hydrogens is 861 g/mol. The Morgan fingerprint density at radius 3 is 1.07 bits per heavy atom. The number of anilines is 6. The summed E-state index contributed by atoms with van der Waals surface area (Å²) in [4.78, 5) is 4.91. The van der Waals surface area contributed by atoms with Gasteiger partial charge in [0.25, 0.3) is 0 Å². The van der Waals surface area contributed by atoms with Gasteiger partial charge in [-0.25, -0.2) is 0 Å². The van der Waals surface area contributed by atoms with Crippen molar-refractivity contribution in [3.8, 4) is 22.3 Å². The molecule has 0 N–H and O–H groups in total. The summed E-state index contributed by atoms with van der Waals surface area (Å²) in [7, 11) is 0. The predicted molar refractivity (Wildman–Crippen MR) is 305 cm³/mol. The van der Waals surface area contributed by atoms with Crippen LogP contribution >= 0.6 is 0 Å². The summed E-state index contributed by atoms with van der Waals surface area (Å²) in [6.07, 6.45) is 0. The fraction of sp³-hybridized carbons (Fsp3) is 0.176. The Labute approximate surface area is 419 Å². The van der Waals surface area contributed by atoms with E-state index in [-0.39, 0.29) is 0 Å². The molecule has 0 aliphatic carbocycles. The van der Waals surface area contributed by atoms with Crippen LogP contribution < -0.4 is 9.80 Å². The Balaban J connectivity index is 1.06. The van der Waals surface area contributed by atoms with E-state index < -0.39 is 0 Å². The lowest BCUT2D eigenvalue weighted by Crippen LogP contribution is -2.12. The van der Waals surface area contributed by atoms with E-state index in [1.165, 1.54) is 55.3 Å². The standard InChI is InChI=1S/C68H62N2O/c1-43(2)49-21-15-23-57(33-49)69(65-39-51(45(5)6)27-31-61(65)47-17-11-9-12-18-47)59-29-25-53-37-63-64-38-54-26-30-60(36-56(54)42-68(64)71-67(63)41-55(53)35-59)70(58-24-16-22-50(34-58)44(3)4)66-40-52(46(7)8)28-32-62(66)48-19-13-10-14-20-48/h9-46H,1-8H3. The molecule has 0 radical (unpaired) electrons. The van der Waals surface area contributed by atoms with Gasteiger partial charge in [-0.2, -0.15) is 0 Å². The summed E-state index contributed by atoms with van der Waals surface area (Å²) in [5, 5.41) is 6.84. The van der Waals surface area contributed by atoms with Crippen molar-refractivity contribution in [2.75, 3.05) is 9.80 Å². The molecule has 0 bridgehead atoms. The SMILES string of the molecule is CC(C)c1cccc(N(c2ccc3cc4c(cc3c2)oc2cc3cc(N(c5cccc(C(C)C)c5)c5cc(C(C)C)ccc5-c5ccccc5)ccc3cc24)c2cc(C(C)C)ccc2-c2ccccc2)c1. The highest BCUT2D eigenvalue weighted by molar-refractivity contribution is 6.14. The van der Waals surface area contributed by atoms with Gasteiger partial charge in [0.1, 0.15) is 11.2 Å². The average Bonchev–Trinajstić information content (AvgIpc) is 3.73. The minimum Gasteiger partial charge on any atom is -0.456 e. The first kappa shape index (κ1) is 45.6. The first-order valence-corrected chi connectivity index (χ1v) is 25.5. The van der Waals surface area contributed by atoms with E-state index >= 15 is 0 Å². The lowest BCUT2D eigenvalue weighted by atomic mass is 9.95. The van der Waals surface area contributed by atoms with E-state index in [1.54, 1.807) is 0 Å². The predicted octanol–water partition coefficient (Wildman–Crippen LogP) is 20.7. The van der Waals surface area contributed by atoms with Gasteiger partial charge in [-0.15, -0.1) is 0 Å². The molecule has 0 saturated carbocycles. The molecule has 0 amide bonds. The molecule has 0 saturated heterocycles. The van der Waals surface area contributed by atoms with E-state index in [0.717, 1.165) is 66.8 Å². The van der Waals surface area contributed by atoms with Crippen LogP contribution in [0, 0.1) is 0 Å². The first-order chi connectivity index (χ1) is 34.5. The zero-order valence-electron chi connectivity index (χ0n) is 42.2. The molecule has 11 aromatic rings. The van der Waals surface area contributed by atoms with E-state index in [1.807, 2.05) is 0 Å². The van der Waals surface area contributed by atoms with Crippen molar-refractivity contribution in [1.29, 1.82) is 0 Å². The normalized spacial score (nSPS) is 11.9. The van der Waals surface area contributed by atoms with Gasteiger partial charge in [0.15, 0.2) is 0 Å². The number of nitrogens with zero attached hydrogens (tertiary/aromatic N) is 2. The Morgan fingerprint density at radius 2 is 0.676 bits per heavy atom. The van der Waals surface area contributed by atoms with Crippen LogP contribution in [0.3, 0.4) is 0 Å². The number of hydrogen-bond acceptors (Lipinski definition) is 3. The number of hydrogen-bond donors (Lipinski definition) is 0. The summed E-state index contributed by atoms with van der Waals surface area (Å²) >= 11 is 0. The Kier molecular flexibility index (Phi) is 12.1. The molecular formula is C68H62N2O. The van der Waals surface area contributed by atoms with Crippen molar-refractivity contribution in [3.63, 3.8) is 0 Å². The summed E-state index contributed by atoms with van der Waals surface area (Å²) in [6.45, 7) is 18.2. The molecule has 0 atom stereocenters. The summed E-state index contributed by atoms with van der Waals surface area (Å²) in [6, 6.07) is 76.6. The number of benzene rings is 10. The van der Waals surface area contributed by atoms with Crippen LogP contribution in [0.5, 0.6) is 0 Å². The minimum absolute atomic E-state index is 0.374. The van der Waals surface area contributed by atoms with E-state index in [2.05, 4.69) is 271 Å². The zero-order valence-corrected chi connectivity index (χ0v) is 42.2. The monoisotopic (exact) mass is 922 g/mol.